The number of ether oxygens (including phenoxy) is 2. The Balaban J connectivity index is 1.50. The standard InChI is InChI=1S/C25H34N2O3S/c1-5-18-6-7-19(8-9-22(18)30-4)24(28)23-15-20-14-17(2)27(25(20)31-23)13-12-26-11-10-21(16-26)29-3/h7-9,14-15,18,21-22H,5-6,10-13,16H2,1-4H3. The zero-order chi connectivity index (χ0) is 22.0. The SMILES string of the molecule is CCC1CC=C(C(=O)c2cc3cc(C)n(CCN4CCC(OC)C4)c3s2)C=CC1OC. The number of aromatic nitrogens is 1. The lowest BCUT2D eigenvalue weighted by Crippen LogP contribution is -2.26. The fraction of sp³-hybridized carbons (Fsp3) is 0.560. The van der Waals surface area contributed by atoms with Crippen molar-refractivity contribution in [3.63, 3.8) is 0 Å². The van der Waals surface area contributed by atoms with E-state index < -0.39 is 0 Å². The van der Waals surface area contributed by atoms with Crippen LogP contribution in [0.15, 0.2) is 35.9 Å². The maximum absolute atomic E-state index is 13.3. The highest BCUT2D eigenvalue weighted by Gasteiger charge is 2.24. The first-order chi connectivity index (χ1) is 15.0. The maximum atomic E-state index is 13.3. The first-order valence-electron chi connectivity index (χ1n) is 11.3. The molecule has 3 unspecified atom stereocenters. The van der Waals surface area contributed by atoms with E-state index in [4.69, 9.17) is 9.47 Å². The molecule has 168 valence electrons. The molecule has 0 radical (unpaired) electrons. The molecule has 0 saturated carbocycles. The van der Waals surface area contributed by atoms with Crippen LogP contribution in [0, 0.1) is 12.8 Å². The fourth-order valence-corrected chi connectivity index (χ4v) is 6.00. The Hall–Kier alpha value is -1.73. The summed E-state index contributed by atoms with van der Waals surface area (Å²) in [6, 6.07) is 4.27. The van der Waals surface area contributed by atoms with Gasteiger partial charge in [0.2, 0.25) is 5.78 Å². The van der Waals surface area contributed by atoms with Gasteiger partial charge in [-0.3, -0.25) is 9.69 Å². The van der Waals surface area contributed by atoms with Gasteiger partial charge in [-0.25, -0.2) is 0 Å². The third-order valence-electron chi connectivity index (χ3n) is 6.83. The molecule has 5 nitrogen and oxygen atoms in total. The second-order valence-electron chi connectivity index (χ2n) is 8.71. The molecule has 0 bridgehead atoms. The monoisotopic (exact) mass is 442 g/mol. The Morgan fingerprint density at radius 3 is 2.77 bits per heavy atom. The zero-order valence-corrected chi connectivity index (χ0v) is 19.9. The minimum atomic E-state index is 0.0734. The number of allylic oxidation sites excluding steroid dienone is 3. The summed E-state index contributed by atoms with van der Waals surface area (Å²) < 4.78 is 13.5. The van der Waals surface area contributed by atoms with Crippen molar-refractivity contribution in [2.45, 2.75) is 51.9 Å². The second kappa shape index (κ2) is 9.82. The van der Waals surface area contributed by atoms with Crippen LogP contribution in [0.2, 0.25) is 0 Å². The van der Waals surface area contributed by atoms with Crippen LogP contribution in [0.5, 0.6) is 0 Å². The average Bonchev–Trinajstić information content (AvgIpc) is 3.42. The van der Waals surface area contributed by atoms with Crippen LogP contribution in [-0.4, -0.2) is 61.3 Å². The van der Waals surface area contributed by atoms with Crippen LogP contribution in [0.1, 0.15) is 41.6 Å². The van der Waals surface area contributed by atoms with Crippen LogP contribution in [0.3, 0.4) is 0 Å². The molecule has 2 aromatic rings. The van der Waals surface area contributed by atoms with Gasteiger partial charge in [0.1, 0.15) is 4.83 Å². The van der Waals surface area contributed by atoms with Gasteiger partial charge < -0.3 is 14.0 Å². The Morgan fingerprint density at radius 1 is 1.23 bits per heavy atom. The van der Waals surface area contributed by atoms with Crippen molar-refractivity contribution < 1.29 is 14.3 Å². The van der Waals surface area contributed by atoms with Crippen molar-refractivity contribution in [2.24, 2.45) is 5.92 Å². The van der Waals surface area contributed by atoms with E-state index in [1.54, 1.807) is 25.6 Å². The molecule has 3 heterocycles. The molecular formula is C25H34N2O3S. The van der Waals surface area contributed by atoms with E-state index in [9.17, 15) is 4.79 Å². The number of fused-ring (bicyclic) bond motifs is 1. The summed E-state index contributed by atoms with van der Waals surface area (Å²) in [6.45, 7) is 8.39. The van der Waals surface area contributed by atoms with E-state index in [0.29, 0.717) is 12.0 Å². The summed E-state index contributed by atoms with van der Waals surface area (Å²) in [4.78, 5) is 17.7. The van der Waals surface area contributed by atoms with E-state index in [-0.39, 0.29) is 11.9 Å². The summed E-state index contributed by atoms with van der Waals surface area (Å²) in [6.07, 6.45) is 9.55. The normalized spacial score (nSPS) is 24.6. The number of likely N-dealkylation sites (tertiary alicyclic amines) is 1. The van der Waals surface area contributed by atoms with Crippen LogP contribution >= 0.6 is 11.3 Å². The number of carbonyl (C=O) groups excluding carboxylic acids is 1. The third-order valence-corrected chi connectivity index (χ3v) is 8.00. The van der Waals surface area contributed by atoms with Crippen molar-refractivity contribution in [3.05, 3.63) is 46.5 Å². The number of Topliss-reactive ketones (excluding diaryl/α,β-unsaturated/α-hetero) is 1. The molecule has 2 aliphatic rings. The molecule has 1 aliphatic carbocycles. The highest BCUT2D eigenvalue weighted by atomic mass is 32.1. The van der Waals surface area contributed by atoms with E-state index in [0.717, 1.165) is 55.9 Å². The lowest BCUT2D eigenvalue weighted by Gasteiger charge is -2.19. The molecule has 4 rings (SSSR count). The molecule has 0 N–H and O–H groups in total. The Morgan fingerprint density at radius 2 is 2.06 bits per heavy atom. The quantitative estimate of drug-likeness (QED) is 0.549. The van der Waals surface area contributed by atoms with Gasteiger partial charge >= 0.3 is 0 Å². The maximum Gasteiger partial charge on any atom is 0.202 e. The zero-order valence-electron chi connectivity index (χ0n) is 19.1. The van der Waals surface area contributed by atoms with Crippen LogP contribution in [0.4, 0.5) is 0 Å². The number of methoxy groups -OCH3 is 2. The van der Waals surface area contributed by atoms with Crippen molar-refractivity contribution in [2.75, 3.05) is 33.9 Å². The number of thiophene rings is 1. The van der Waals surface area contributed by atoms with E-state index in [2.05, 4.69) is 41.5 Å². The number of ketones is 1. The van der Waals surface area contributed by atoms with Crippen LogP contribution in [0.25, 0.3) is 10.2 Å². The first kappa shape index (κ1) is 22.5. The molecule has 1 fully saturated rings. The van der Waals surface area contributed by atoms with Gasteiger partial charge in [-0.05, 0) is 37.8 Å². The van der Waals surface area contributed by atoms with Gasteiger partial charge in [-0.2, -0.15) is 0 Å². The smallest absolute Gasteiger partial charge is 0.202 e. The van der Waals surface area contributed by atoms with Crippen LogP contribution < -0.4 is 0 Å². The molecule has 0 spiro atoms. The first-order valence-corrected chi connectivity index (χ1v) is 12.2. The molecule has 6 heteroatoms. The summed E-state index contributed by atoms with van der Waals surface area (Å²) in [7, 11) is 3.55. The van der Waals surface area contributed by atoms with Crippen LogP contribution in [-0.2, 0) is 16.0 Å². The lowest BCUT2D eigenvalue weighted by atomic mass is 9.96. The number of aryl methyl sites for hydroxylation is 1. The summed E-state index contributed by atoms with van der Waals surface area (Å²) in [5, 5.41) is 1.17. The van der Waals surface area contributed by atoms with Crippen molar-refractivity contribution in [1.29, 1.82) is 0 Å². The molecule has 1 aliphatic heterocycles. The van der Waals surface area contributed by atoms with Gasteiger partial charge in [0.05, 0.1) is 17.1 Å². The average molecular weight is 443 g/mol. The Labute approximate surface area is 189 Å². The van der Waals surface area contributed by atoms with E-state index in [1.165, 1.54) is 15.9 Å². The second-order valence-corrected chi connectivity index (χ2v) is 9.74. The summed E-state index contributed by atoms with van der Waals surface area (Å²) in [5.41, 5.74) is 2.04. The number of hydrogen-bond donors (Lipinski definition) is 0. The third kappa shape index (κ3) is 4.72. The molecule has 2 aromatic heterocycles. The molecule has 1 saturated heterocycles. The van der Waals surface area contributed by atoms with E-state index >= 15 is 0 Å². The summed E-state index contributed by atoms with van der Waals surface area (Å²) in [5.74, 6) is 0.542. The van der Waals surface area contributed by atoms with Gasteiger partial charge in [0.25, 0.3) is 0 Å². The Kier molecular flexibility index (Phi) is 7.12. The topological polar surface area (TPSA) is 43.7 Å². The minimum absolute atomic E-state index is 0.0734. The predicted octanol–water partition coefficient (Wildman–Crippen LogP) is 4.84. The lowest BCUT2D eigenvalue weighted by molar-refractivity contribution is 0.0892. The number of carbonyl (C=O) groups is 1. The minimum Gasteiger partial charge on any atom is -0.380 e. The van der Waals surface area contributed by atoms with Crippen molar-refractivity contribution >= 4 is 27.3 Å². The predicted molar refractivity (Wildman–Crippen MR) is 127 cm³/mol. The van der Waals surface area contributed by atoms with Gasteiger partial charge in [0.15, 0.2) is 0 Å². The molecule has 0 aromatic carbocycles. The largest absolute Gasteiger partial charge is 0.380 e. The molecule has 3 atom stereocenters. The fourth-order valence-electron chi connectivity index (χ4n) is 4.81. The van der Waals surface area contributed by atoms with Crippen molar-refractivity contribution in [3.8, 4) is 0 Å². The highest BCUT2D eigenvalue weighted by Crippen LogP contribution is 2.32. The van der Waals surface area contributed by atoms with Gasteiger partial charge in [-0.1, -0.05) is 31.6 Å². The molecule has 31 heavy (non-hydrogen) atoms. The Bertz CT molecular complexity index is 986. The van der Waals surface area contributed by atoms with Crippen molar-refractivity contribution in [1.82, 2.24) is 9.47 Å². The van der Waals surface area contributed by atoms with Gasteiger partial charge in [-0.15, -0.1) is 11.3 Å². The number of nitrogens with zero attached hydrogens (tertiary/aromatic N) is 2. The number of hydrogen-bond acceptors (Lipinski definition) is 5. The summed E-state index contributed by atoms with van der Waals surface area (Å²) >= 11 is 1.62. The molecular weight excluding hydrogens is 408 g/mol. The van der Waals surface area contributed by atoms with Gasteiger partial charge in [0, 0.05) is 57.1 Å². The van der Waals surface area contributed by atoms with E-state index in [1.807, 2.05) is 12.2 Å². The molecule has 0 amide bonds. The number of rotatable bonds is 8. The highest BCUT2D eigenvalue weighted by molar-refractivity contribution is 7.20.